The van der Waals surface area contributed by atoms with Crippen LogP contribution >= 0.6 is 0 Å². The number of nitrogens with zero attached hydrogens (tertiary/aromatic N) is 2. The number of methoxy groups -OCH3 is 1. The molecule has 1 saturated heterocycles. The Morgan fingerprint density at radius 1 is 1.13 bits per heavy atom. The molecule has 2 unspecified atom stereocenters. The number of piperidine rings is 1. The SMILES string of the molecule is COCCNC(=O)CCC(=O)Nc1ccc2nc(N3CC(C)CC(C)C3)cc(C)c2c1. The first-order valence-corrected chi connectivity index (χ1v) is 11.1. The highest BCUT2D eigenvalue weighted by atomic mass is 16.5. The summed E-state index contributed by atoms with van der Waals surface area (Å²) in [6.07, 6.45) is 1.55. The van der Waals surface area contributed by atoms with Gasteiger partial charge in [0.05, 0.1) is 12.1 Å². The molecular weight excluding hydrogens is 392 g/mol. The van der Waals surface area contributed by atoms with Gasteiger partial charge in [-0.15, -0.1) is 0 Å². The fraction of sp³-hybridized carbons (Fsp3) is 0.542. The summed E-state index contributed by atoms with van der Waals surface area (Å²) in [5.41, 5.74) is 2.78. The maximum atomic E-state index is 12.3. The number of carbonyl (C=O) groups excluding carboxylic acids is 2. The third-order valence-corrected chi connectivity index (χ3v) is 5.69. The van der Waals surface area contributed by atoms with Crippen molar-refractivity contribution in [1.82, 2.24) is 10.3 Å². The summed E-state index contributed by atoms with van der Waals surface area (Å²) < 4.78 is 4.89. The Bertz CT molecular complexity index is 920. The van der Waals surface area contributed by atoms with Crippen molar-refractivity contribution >= 4 is 34.2 Å². The van der Waals surface area contributed by atoms with Crippen LogP contribution in [0.2, 0.25) is 0 Å². The maximum Gasteiger partial charge on any atom is 0.224 e. The van der Waals surface area contributed by atoms with E-state index in [0.717, 1.165) is 41.1 Å². The number of carbonyl (C=O) groups is 2. The van der Waals surface area contributed by atoms with Gasteiger partial charge >= 0.3 is 0 Å². The number of amides is 2. The van der Waals surface area contributed by atoms with E-state index in [0.29, 0.717) is 25.0 Å². The first-order chi connectivity index (χ1) is 14.9. The topological polar surface area (TPSA) is 83.6 Å². The van der Waals surface area contributed by atoms with Crippen LogP contribution in [0.3, 0.4) is 0 Å². The molecule has 1 aromatic carbocycles. The van der Waals surface area contributed by atoms with Gasteiger partial charge in [0, 0.05) is 50.7 Å². The second-order valence-electron chi connectivity index (χ2n) is 8.77. The molecule has 0 bridgehead atoms. The van der Waals surface area contributed by atoms with Crippen LogP contribution in [0.5, 0.6) is 0 Å². The van der Waals surface area contributed by atoms with Gasteiger partial charge in [0.1, 0.15) is 5.82 Å². The number of fused-ring (bicyclic) bond motifs is 1. The first kappa shape index (κ1) is 23.0. The van der Waals surface area contributed by atoms with E-state index in [1.54, 1.807) is 7.11 Å². The molecule has 2 aromatic rings. The number of ether oxygens (including phenoxy) is 1. The fourth-order valence-corrected chi connectivity index (χ4v) is 4.30. The Morgan fingerprint density at radius 2 is 1.84 bits per heavy atom. The van der Waals surface area contributed by atoms with Crippen LogP contribution in [0.1, 0.15) is 38.7 Å². The zero-order valence-corrected chi connectivity index (χ0v) is 19.0. The van der Waals surface area contributed by atoms with Crippen LogP contribution in [0, 0.1) is 18.8 Å². The van der Waals surface area contributed by atoms with Gasteiger partial charge in [-0.05, 0) is 55.0 Å². The molecule has 7 heteroatoms. The van der Waals surface area contributed by atoms with Gasteiger partial charge in [0.2, 0.25) is 11.8 Å². The number of nitrogens with one attached hydrogen (secondary N) is 2. The highest BCUT2D eigenvalue weighted by molar-refractivity contribution is 5.96. The van der Waals surface area contributed by atoms with Crippen LogP contribution in [-0.2, 0) is 14.3 Å². The lowest BCUT2D eigenvalue weighted by molar-refractivity contribution is -0.124. The minimum Gasteiger partial charge on any atom is -0.383 e. The van der Waals surface area contributed by atoms with E-state index >= 15 is 0 Å². The second-order valence-corrected chi connectivity index (χ2v) is 8.77. The van der Waals surface area contributed by atoms with E-state index in [9.17, 15) is 9.59 Å². The number of pyridine rings is 1. The van der Waals surface area contributed by atoms with Gasteiger partial charge in [-0.25, -0.2) is 4.98 Å². The number of hydrogen-bond acceptors (Lipinski definition) is 5. The molecule has 0 spiro atoms. The van der Waals surface area contributed by atoms with Crippen molar-refractivity contribution in [3.8, 4) is 0 Å². The van der Waals surface area contributed by atoms with Gasteiger partial charge in [0.15, 0.2) is 0 Å². The van der Waals surface area contributed by atoms with E-state index < -0.39 is 0 Å². The average molecular weight is 427 g/mol. The van der Waals surface area contributed by atoms with Crippen LogP contribution < -0.4 is 15.5 Å². The summed E-state index contributed by atoms with van der Waals surface area (Å²) in [5.74, 6) is 2.03. The quantitative estimate of drug-likeness (QED) is 0.631. The molecule has 2 heterocycles. The summed E-state index contributed by atoms with van der Waals surface area (Å²) in [5, 5.41) is 6.63. The lowest BCUT2D eigenvalue weighted by Gasteiger charge is -2.36. The second kappa shape index (κ2) is 10.6. The minimum absolute atomic E-state index is 0.137. The highest BCUT2D eigenvalue weighted by Crippen LogP contribution is 2.29. The van der Waals surface area contributed by atoms with Gasteiger partial charge in [-0.2, -0.15) is 0 Å². The van der Waals surface area contributed by atoms with Crippen molar-refractivity contribution in [2.24, 2.45) is 11.8 Å². The molecular formula is C24H34N4O3. The molecule has 1 aromatic heterocycles. The molecule has 7 nitrogen and oxygen atoms in total. The molecule has 1 aliphatic heterocycles. The van der Waals surface area contributed by atoms with Gasteiger partial charge in [-0.1, -0.05) is 13.8 Å². The van der Waals surface area contributed by atoms with Crippen molar-refractivity contribution < 1.29 is 14.3 Å². The average Bonchev–Trinajstić information content (AvgIpc) is 2.72. The molecule has 3 rings (SSSR count). The molecule has 1 aliphatic rings. The van der Waals surface area contributed by atoms with Crippen LogP contribution in [0.25, 0.3) is 10.9 Å². The molecule has 2 atom stereocenters. The lowest BCUT2D eigenvalue weighted by Crippen LogP contribution is -2.39. The molecule has 0 radical (unpaired) electrons. The Hall–Kier alpha value is -2.67. The van der Waals surface area contributed by atoms with Gasteiger partial charge < -0.3 is 20.3 Å². The van der Waals surface area contributed by atoms with Gasteiger partial charge in [0.25, 0.3) is 0 Å². The molecule has 168 valence electrons. The van der Waals surface area contributed by atoms with Crippen LogP contribution in [0.4, 0.5) is 11.5 Å². The molecule has 31 heavy (non-hydrogen) atoms. The summed E-state index contributed by atoms with van der Waals surface area (Å²) in [4.78, 5) is 31.3. The molecule has 2 amide bonds. The van der Waals surface area contributed by atoms with E-state index in [1.165, 1.54) is 6.42 Å². The van der Waals surface area contributed by atoms with Gasteiger partial charge in [-0.3, -0.25) is 9.59 Å². The lowest BCUT2D eigenvalue weighted by atomic mass is 9.92. The number of hydrogen-bond donors (Lipinski definition) is 2. The molecule has 1 fully saturated rings. The first-order valence-electron chi connectivity index (χ1n) is 11.1. The van der Waals surface area contributed by atoms with Crippen LogP contribution in [0.15, 0.2) is 24.3 Å². The van der Waals surface area contributed by atoms with Crippen molar-refractivity contribution in [3.05, 3.63) is 29.8 Å². The van der Waals surface area contributed by atoms with E-state index in [1.807, 2.05) is 18.2 Å². The summed E-state index contributed by atoms with van der Waals surface area (Å²) in [6.45, 7) is 9.67. The number of benzene rings is 1. The maximum absolute atomic E-state index is 12.3. The fourth-order valence-electron chi connectivity index (χ4n) is 4.30. The number of rotatable bonds is 8. The largest absolute Gasteiger partial charge is 0.383 e. The van der Waals surface area contributed by atoms with E-state index in [4.69, 9.17) is 9.72 Å². The Balaban J connectivity index is 1.64. The number of anilines is 2. The van der Waals surface area contributed by atoms with E-state index in [-0.39, 0.29) is 24.7 Å². The number of aromatic nitrogens is 1. The Morgan fingerprint density at radius 3 is 2.55 bits per heavy atom. The van der Waals surface area contributed by atoms with Crippen molar-refractivity contribution in [2.75, 3.05) is 43.6 Å². The molecule has 0 aliphatic carbocycles. The number of aryl methyl sites for hydroxylation is 1. The summed E-state index contributed by atoms with van der Waals surface area (Å²) >= 11 is 0. The standard InChI is InChI=1S/C24H34N4O3/c1-16-11-17(2)15-28(14-16)22-12-18(3)20-13-19(5-6-21(20)27-22)26-24(30)8-7-23(29)25-9-10-31-4/h5-6,12-13,16-17H,7-11,14-15H2,1-4H3,(H,25,29)(H,26,30). The Labute approximate surface area is 184 Å². The predicted molar refractivity (Wildman–Crippen MR) is 124 cm³/mol. The smallest absolute Gasteiger partial charge is 0.224 e. The minimum atomic E-state index is -0.181. The van der Waals surface area contributed by atoms with Crippen molar-refractivity contribution in [2.45, 2.75) is 40.0 Å². The Kier molecular flexibility index (Phi) is 7.85. The van der Waals surface area contributed by atoms with E-state index in [2.05, 4.69) is 42.4 Å². The zero-order valence-electron chi connectivity index (χ0n) is 19.0. The monoisotopic (exact) mass is 426 g/mol. The summed E-state index contributed by atoms with van der Waals surface area (Å²) in [6, 6.07) is 7.93. The highest BCUT2D eigenvalue weighted by Gasteiger charge is 2.23. The zero-order chi connectivity index (χ0) is 22.4. The normalized spacial score (nSPS) is 18.8. The third kappa shape index (κ3) is 6.40. The van der Waals surface area contributed by atoms with Crippen molar-refractivity contribution in [3.63, 3.8) is 0 Å². The molecule has 2 N–H and O–H groups in total. The molecule has 0 saturated carbocycles. The third-order valence-electron chi connectivity index (χ3n) is 5.69. The van der Waals surface area contributed by atoms with Crippen LogP contribution in [-0.4, -0.2) is 50.1 Å². The predicted octanol–water partition coefficient (Wildman–Crippen LogP) is 3.51. The van der Waals surface area contributed by atoms with Crippen molar-refractivity contribution in [1.29, 1.82) is 0 Å². The summed E-state index contributed by atoms with van der Waals surface area (Å²) in [7, 11) is 1.58.